The Balaban J connectivity index is 2.96. The average Bonchev–Trinajstić information content (AvgIpc) is 2.60. The van der Waals surface area contributed by atoms with Crippen LogP contribution >= 0.6 is 0 Å². The Morgan fingerprint density at radius 1 is 0.480 bits per heavy atom. The Morgan fingerprint density at radius 3 is 1.24 bits per heavy atom. The minimum atomic E-state index is 0.951. The van der Waals surface area contributed by atoms with E-state index in [4.69, 9.17) is 4.74 Å². The van der Waals surface area contributed by atoms with E-state index in [1.54, 1.807) is 0 Å². The van der Waals surface area contributed by atoms with Crippen LogP contribution in [0.5, 0.6) is 0 Å². The summed E-state index contributed by atoms with van der Waals surface area (Å²) in [6, 6.07) is 0. The Labute approximate surface area is 160 Å². The third kappa shape index (κ3) is 23.9. The summed E-state index contributed by atoms with van der Waals surface area (Å²) in [4.78, 5) is 2.24. The molecule has 0 saturated heterocycles. The predicted octanol–water partition coefficient (Wildman–Crippen LogP) is 7.22. The van der Waals surface area contributed by atoms with Gasteiger partial charge in [0.15, 0.2) is 0 Å². The van der Waals surface area contributed by atoms with Gasteiger partial charge < -0.3 is 9.64 Å². The standard InChI is InChI=1S/C23H49NO/c1-4-5-6-7-8-9-10-11-12-13-14-15-16-17-19-22-25-23-20-18-21-24(2)3/h4-23H2,1-3H3. The van der Waals surface area contributed by atoms with Gasteiger partial charge in [-0.25, -0.2) is 0 Å². The molecule has 0 fully saturated rings. The van der Waals surface area contributed by atoms with Gasteiger partial charge in [-0.3, -0.25) is 0 Å². The molecule has 0 aromatic heterocycles. The van der Waals surface area contributed by atoms with Crippen molar-refractivity contribution < 1.29 is 4.74 Å². The van der Waals surface area contributed by atoms with Gasteiger partial charge in [-0.1, -0.05) is 96.8 Å². The van der Waals surface area contributed by atoms with Crippen molar-refractivity contribution >= 4 is 0 Å². The smallest absolute Gasteiger partial charge is 0.0466 e. The van der Waals surface area contributed by atoms with Gasteiger partial charge in [0.2, 0.25) is 0 Å². The van der Waals surface area contributed by atoms with Gasteiger partial charge in [0.25, 0.3) is 0 Å². The van der Waals surface area contributed by atoms with Gasteiger partial charge in [-0.2, -0.15) is 0 Å². The molecule has 0 aromatic rings. The van der Waals surface area contributed by atoms with E-state index >= 15 is 0 Å². The highest BCUT2D eigenvalue weighted by Crippen LogP contribution is 2.13. The molecule has 25 heavy (non-hydrogen) atoms. The zero-order valence-corrected chi connectivity index (χ0v) is 18.0. The molecule has 0 aromatic carbocycles. The van der Waals surface area contributed by atoms with Crippen LogP contribution in [0.3, 0.4) is 0 Å². The predicted molar refractivity (Wildman–Crippen MR) is 114 cm³/mol. The van der Waals surface area contributed by atoms with E-state index in [9.17, 15) is 0 Å². The number of ether oxygens (including phenoxy) is 1. The molecule has 2 heteroatoms. The molecular formula is C23H49NO. The third-order valence-corrected chi connectivity index (χ3v) is 5.04. The monoisotopic (exact) mass is 355 g/mol. The largest absolute Gasteiger partial charge is 0.381 e. The molecule has 0 N–H and O–H groups in total. The van der Waals surface area contributed by atoms with E-state index < -0.39 is 0 Å². The van der Waals surface area contributed by atoms with E-state index in [2.05, 4.69) is 25.9 Å². The first-order valence-corrected chi connectivity index (χ1v) is 11.5. The molecular weight excluding hydrogens is 306 g/mol. The van der Waals surface area contributed by atoms with Crippen LogP contribution in [-0.2, 0) is 4.74 Å². The van der Waals surface area contributed by atoms with Crippen molar-refractivity contribution in [3.63, 3.8) is 0 Å². The first-order chi connectivity index (χ1) is 12.3. The molecule has 0 aliphatic carbocycles. The van der Waals surface area contributed by atoms with E-state index in [1.807, 2.05) is 0 Å². The lowest BCUT2D eigenvalue weighted by Gasteiger charge is -2.09. The quantitative estimate of drug-likeness (QED) is 0.202. The van der Waals surface area contributed by atoms with Crippen molar-refractivity contribution in [1.29, 1.82) is 0 Å². The van der Waals surface area contributed by atoms with Crippen LogP contribution < -0.4 is 0 Å². The number of nitrogens with zero attached hydrogens (tertiary/aromatic N) is 1. The highest BCUT2D eigenvalue weighted by Gasteiger charge is 1.95. The minimum absolute atomic E-state index is 0.951. The van der Waals surface area contributed by atoms with E-state index in [0.29, 0.717) is 0 Å². The van der Waals surface area contributed by atoms with Crippen LogP contribution in [0.25, 0.3) is 0 Å². The highest BCUT2D eigenvalue weighted by molar-refractivity contribution is 4.50. The van der Waals surface area contributed by atoms with Crippen molar-refractivity contribution in [3.8, 4) is 0 Å². The zero-order chi connectivity index (χ0) is 18.4. The second-order valence-electron chi connectivity index (χ2n) is 8.07. The summed E-state index contributed by atoms with van der Waals surface area (Å²) in [5.41, 5.74) is 0. The zero-order valence-electron chi connectivity index (χ0n) is 18.0. The van der Waals surface area contributed by atoms with Gasteiger partial charge in [-0.05, 0) is 39.9 Å². The van der Waals surface area contributed by atoms with Crippen LogP contribution in [0, 0.1) is 0 Å². The molecule has 0 spiro atoms. The first kappa shape index (κ1) is 24.9. The van der Waals surface area contributed by atoms with Gasteiger partial charge in [0.05, 0.1) is 0 Å². The summed E-state index contributed by atoms with van der Waals surface area (Å²) in [6.07, 6.45) is 23.9. The van der Waals surface area contributed by atoms with Crippen LogP contribution in [0.4, 0.5) is 0 Å². The number of hydrogen-bond acceptors (Lipinski definition) is 2. The summed E-state index contributed by atoms with van der Waals surface area (Å²) >= 11 is 0. The minimum Gasteiger partial charge on any atom is -0.381 e. The molecule has 0 aliphatic heterocycles. The normalized spacial score (nSPS) is 11.5. The number of hydrogen-bond donors (Lipinski definition) is 0. The van der Waals surface area contributed by atoms with Crippen molar-refractivity contribution in [2.45, 2.75) is 116 Å². The third-order valence-electron chi connectivity index (χ3n) is 5.04. The maximum atomic E-state index is 5.71. The Bertz CT molecular complexity index is 230. The second kappa shape index (κ2) is 22.0. The van der Waals surface area contributed by atoms with E-state index in [0.717, 1.165) is 13.2 Å². The SMILES string of the molecule is CCCCCCCCCCCCCCCCCOCCCCN(C)C. The summed E-state index contributed by atoms with van der Waals surface area (Å²) < 4.78 is 5.71. The molecule has 0 atom stereocenters. The van der Waals surface area contributed by atoms with Crippen LogP contribution in [0.15, 0.2) is 0 Å². The molecule has 0 heterocycles. The lowest BCUT2D eigenvalue weighted by Crippen LogP contribution is -2.13. The van der Waals surface area contributed by atoms with Gasteiger partial charge in [-0.15, -0.1) is 0 Å². The molecule has 152 valence electrons. The molecule has 0 saturated carbocycles. The van der Waals surface area contributed by atoms with Gasteiger partial charge in [0, 0.05) is 13.2 Å². The van der Waals surface area contributed by atoms with Crippen LogP contribution in [0.2, 0.25) is 0 Å². The van der Waals surface area contributed by atoms with Crippen LogP contribution in [-0.4, -0.2) is 38.8 Å². The van der Waals surface area contributed by atoms with Crippen molar-refractivity contribution in [2.75, 3.05) is 33.9 Å². The molecule has 0 rings (SSSR count). The molecule has 0 radical (unpaired) electrons. The van der Waals surface area contributed by atoms with Crippen molar-refractivity contribution in [2.24, 2.45) is 0 Å². The lowest BCUT2D eigenvalue weighted by molar-refractivity contribution is 0.124. The fourth-order valence-electron chi connectivity index (χ4n) is 3.31. The average molecular weight is 356 g/mol. The topological polar surface area (TPSA) is 12.5 Å². The molecule has 0 amide bonds. The van der Waals surface area contributed by atoms with Gasteiger partial charge >= 0.3 is 0 Å². The highest BCUT2D eigenvalue weighted by atomic mass is 16.5. The maximum absolute atomic E-state index is 5.71. The fraction of sp³-hybridized carbons (Fsp3) is 1.00. The first-order valence-electron chi connectivity index (χ1n) is 11.5. The van der Waals surface area contributed by atoms with Gasteiger partial charge in [0.1, 0.15) is 0 Å². The molecule has 0 unspecified atom stereocenters. The second-order valence-corrected chi connectivity index (χ2v) is 8.07. The molecule has 0 aliphatic rings. The summed E-state index contributed by atoms with van der Waals surface area (Å²) in [7, 11) is 4.27. The van der Waals surface area contributed by atoms with Crippen molar-refractivity contribution in [1.82, 2.24) is 4.90 Å². The maximum Gasteiger partial charge on any atom is 0.0466 e. The number of unbranched alkanes of at least 4 members (excludes halogenated alkanes) is 15. The summed E-state index contributed by atoms with van der Waals surface area (Å²) in [5, 5.41) is 0. The Hall–Kier alpha value is -0.0800. The Morgan fingerprint density at radius 2 is 0.840 bits per heavy atom. The Kier molecular flexibility index (Phi) is 21.9. The molecule has 0 bridgehead atoms. The van der Waals surface area contributed by atoms with Crippen molar-refractivity contribution in [3.05, 3.63) is 0 Å². The molecule has 2 nitrogen and oxygen atoms in total. The fourth-order valence-corrected chi connectivity index (χ4v) is 3.31. The van der Waals surface area contributed by atoms with E-state index in [1.165, 1.54) is 116 Å². The number of rotatable bonds is 21. The van der Waals surface area contributed by atoms with E-state index in [-0.39, 0.29) is 0 Å². The summed E-state index contributed by atoms with van der Waals surface area (Å²) in [6.45, 7) is 5.40. The van der Waals surface area contributed by atoms with Crippen LogP contribution in [0.1, 0.15) is 116 Å². The summed E-state index contributed by atoms with van der Waals surface area (Å²) in [5.74, 6) is 0. The lowest BCUT2D eigenvalue weighted by atomic mass is 10.0.